The molecule has 1 saturated carbocycles. The molecule has 1 atom stereocenters. The molecule has 2 nitrogen and oxygen atoms in total. The van der Waals surface area contributed by atoms with Crippen LogP contribution in [0.1, 0.15) is 37.7 Å². The summed E-state index contributed by atoms with van der Waals surface area (Å²) in [6.07, 6.45) is 6.87. The smallest absolute Gasteiger partial charge is 0.0693 e. The van der Waals surface area contributed by atoms with E-state index in [1.54, 1.807) is 11.3 Å². The first-order valence-corrected chi connectivity index (χ1v) is 7.00. The quantitative estimate of drug-likeness (QED) is 0.828. The Labute approximate surface area is 102 Å². The number of thiophene rings is 1. The summed E-state index contributed by atoms with van der Waals surface area (Å²) in [4.78, 5) is 0. The second-order valence-corrected chi connectivity index (χ2v) is 5.66. The molecule has 3 heteroatoms. The van der Waals surface area contributed by atoms with Crippen LogP contribution in [0.2, 0.25) is 0 Å². The molecule has 1 aromatic rings. The number of hydrogen-bond donors (Lipinski definition) is 1. The lowest BCUT2D eigenvalue weighted by molar-refractivity contribution is -0.0817. The van der Waals surface area contributed by atoms with Crippen LogP contribution in [0.5, 0.6) is 0 Å². The zero-order chi connectivity index (χ0) is 11.4. The Morgan fingerprint density at radius 2 is 2.38 bits per heavy atom. The molecule has 1 fully saturated rings. The molecule has 0 spiro atoms. The van der Waals surface area contributed by atoms with Crippen LogP contribution in [0.15, 0.2) is 16.8 Å². The van der Waals surface area contributed by atoms with Gasteiger partial charge in [-0.2, -0.15) is 11.3 Å². The molecule has 1 heterocycles. The van der Waals surface area contributed by atoms with Crippen LogP contribution in [0, 0.1) is 0 Å². The molecular weight excluding hydrogens is 218 g/mol. The van der Waals surface area contributed by atoms with Crippen molar-refractivity contribution < 1.29 is 4.74 Å². The lowest BCUT2D eigenvalue weighted by Crippen LogP contribution is -2.44. The normalized spacial score (nSPS) is 20.4. The van der Waals surface area contributed by atoms with Gasteiger partial charge in [0.2, 0.25) is 0 Å². The molecule has 0 amide bonds. The Morgan fingerprint density at radius 1 is 1.56 bits per heavy atom. The Balaban J connectivity index is 1.73. The summed E-state index contributed by atoms with van der Waals surface area (Å²) in [6, 6.07) is 2.47. The minimum Gasteiger partial charge on any atom is -0.378 e. The highest BCUT2D eigenvalue weighted by Crippen LogP contribution is 2.39. The van der Waals surface area contributed by atoms with E-state index in [9.17, 15) is 0 Å². The Kier molecular flexibility index (Phi) is 4.00. The van der Waals surface area contributed by atoms with Crippen LogP contribution in [0.25, 0.3) is 0 Å². The number of ether oxygens (including phenoxy) is 1. The van der Waals surface area contributed by atoms with Gasteiger partial charge in [0.15, 0.2) is 0 Å². The van der Waals surface area contributed by atoms with Gasteiger partial charge in [0, 0.05) is 13.2 Å². The van der Waals surface area contributed by atoms with Crippen molar-refractivity contribution >= 4 is 11.3 Å². The van der Waals surface area contributed by atoms with Crippen molar-refractivity contribution in [2.45, 2.75) is 50.2 Å². The maximum absolute atomic E-state index is 6.18. The minimum atomic E-state index is 0.119. The van der Waals surface area contributed by atoms with Crippen LogP contribution in [0.4, 0.5) is 0 Å². The number of aryl methyl sites for hydroxylation is 1. The van der Waals surface area contributed by atoms with Gasteiger partial charge in [0.25, 0.3) is 0 Å². The lowest BCUT2D eigenvalue weighted by atomic mass is 9.75. The Morgan fingerprint density at radius 3 is 2.88 bits per heavy atom. The maximum atomic E-state index is 6.18. The van der Waals surface area contributed by atoms with E-state index >= 15 is 0 Å². The molecule has 1 aliphatic rings. The average molecular weight is 239 g/mol. The highest BCUT2D eigenvalue weighted by molar-refractivity contribution is 7.07. The fraction of sp³-hybridized carbons (Fsp3) is 0.692. The highest BCUT2D eigenvalue weighted by Gasteiger charge is 2.38. The summed E-state index contributed by atoms with van der Waals surface area (Å²) >= 11 is 1.76. The van der Waals surface area contributed by atoms with Crippen LogP contribution >= 0.6 is 11.3 Å². The van der Waals surface area contributed by atoms with Gasteiger partial charge in [0.05, 0.1) is 5.60 Å². The number of rotatable bonds is 6. The summed E-state index contributed by atoms with van der Waals surface area (Å²) < 4.78 is 5.60. The third-order valence-corrected chi connectivity index (χ3v) is 4.45. The number of nitrogens with two attached hydrogens (primary N) is 1. The van der Waals surface area contributed by atoms with E-state index in [0.717, 1.165) is 19.3 Å². The van der Waals surface area contributed by atoms with Gasteiger partial charge in [-0.15, -0.1) is 0 Å². The Hall–Kier alpha value is -0.380. The van der Waals surface area contributed by atoms with E-state index in [-0.39, 0.29) is 11.6 Å². The molecular formula is C13H21NOS. The molecule has 2 N–H and O–H groups in total. The summed E-state index contributed by atoms with van der Waals surface area (Å²) in [7, 11) is 1.82. The molecule has 90 valence electrons. The van der Waals surface area contributed by atoms with Gasteiger partial charge in [-0.25, -0.2) is 0 Å². The molecule has 0 saturated heterocycles. The molecule has 0 bridgehead atoms. The van der Waals surface area contributed by atoms with Crippen molar-refractivity contribution in [2.24, 2.45) is 5.73 Å². The third-order valence-electron chi connectivity index (χ3n) is 3.72. The van der Waals surface area contributed by atoms with Crippen LogP contribution in [-0.2, 0) is 11.2 Å². The summed E-state index contributed by atoms with van der Waals surface area (Å²) in [5.74, 6) is 0. The average Bonchev–Trinajstić information content (AvgIpc) is 2.73. The Bertz CT molecular complexity index is 300. The topological polar surface area (TPSA) is 35.2 Å². The number of hydrogen-bond acceptors (Lipinski definition) is 3. The van der Waals surface area contributed by atoms with E-state index < -0.39 is 0 Å². The maximum Gasteiger partial charge on any atom is 0.0693 e. The molecule has 2 rings (SSSR count). The zero-order valence-electron chi connectivity index (χ0n) is 9.95. The zero-order valence-corrected chi connectivity index (χ0v) is 10.8. The van der Waals surface area contributed by atoms with Gasteiger partial charge < -0.3 is 10.5 Å². The summed E-state index contributed by atoms with van der Waals surface area (Å²) in [5, 5.41) is 4.34. The van der Waals surface area contributed by atoms with Gasteiger partial charge >= 0.3 is 0 Å². The van der Waals surface area contributed by atoms with E-state index in [1.165, 1.54) is 24.8 Å². The summed E-state index contributed by atoms with van der Waals surface area (Å²) in [5.41, 5.74) is 7.72. The van der Waals surface area contributed by atoms with Crippen molar-refractivity contribution in [3.05, 3.63) is 22.4 Å². The number of methoxy groups -OCH3 is 1. The van der Waals surface area contributed by atoms with Gasteiger partial charge in [0.1, 0.15) is 0 Å². The minimum absolute atomic E-state index is 0.119. The molecule has 0 radical (unpaired) electrons. The van der Waals surface area contributed by atoms with Crippen LogP contribution in [0.3, 0.4) is 0 Å². The molecule has 0 aromatic carbocycles. The van der Waals surface area contributed by atoms with E-state index in [1.807, 2.05) is 7.11 Å². The second-order valence-electron chi connectivity index (χ2n) is 4.88. The first kappa shape index (κ1) is 12.1. The SMILES string of the molecule is COC1(CC(N)CCc2ccsc2)CCC1. The second kappa shape index (κ2) is 5.30. The summed E-state index contributed by atoms with van der Waals surface area (Å²) in [6.45, 7) is 0. The van der Waals surface area contributed by atoms with Crippen molar-refractivity contribution in [3.63, 3.8) is 0 Å². The molecule has 16 heavy (non-hydrogen) atoms. The van der Waals surface area contributed by atoms with Crippen molar-refractivity contribution in [1.29, 1.82) is 0 Å². The van der Waals surface area contributed by atoms with Gasteiger partial charge in [-0.1, -0.05) is 0 Å². The first-order chi connectivity index (χ1) is 7.74. The fourth-order valence-corrected chi connectivity index (χ4v) is 3.13. The van der Waals surface area contributed by atoms with Crippen molar-refractivity contribution in [1.82, 2.24) is 0 Å². The molecule has 1 unspecified atom stereocenters. The lowest BCUT2D eigenvalue weighted by Gasteiger charge is -2.42. The van der Waals surface area contributed by atoms with Crippen LogP contribution < -0.4 is 5.73 Å². The van der Waals surface area contributed by atoms with Gasteiger partial charge in [-0.05, 0) is 60.9 Å². The van der Waals surface area contributed by atoms with Crippen molar-refractivity contribution in [2.75, 3.05) is 7.11 Å². The molecule has 0 aliphatic heterocycles. The predicted octanol–water partition coefficient (Wildman–Crippen LogP) is 2.97. The monoisotopic (exact) mass is 239 g/mol. The predicted molar refractivity (Wildman–Crippen MR) is 68.8 cm³/mol. The van der Waals surface area contributed by atoms with Crippen LogP contribution in [-0.4, -0.2) is 18.8 Å². The standard InChI is InChI=1S/C13H21NOS/c1-15-13(6-2-7-13)9-12(14)4-3-11-5-8-16-10-11/h5,8,10,12H,2-4,6-7,9,14H2,1H3. The van der Waals surface area contributed by atoms with Crippen molar-refractivity contribution in [3.8, 4) is 0 Å². The van der Waals surface area contributed by atoms with E-state index in [4.69, 9.17) is 10.5 Å². The first-order valence-electron chi connectivity index (χ1n) is 6.06. The van der Waals surface area contributed by atoms with E-state index in [0.29, 0.717) is 0 Å². The largest absolute Gasteiger partial charge is 0.378 e. The highest BCUT2D eigenvalue weighted by atomic mass is 32.1. The molecule has 1 aliphatic carbocycles. The van der Waals surface area contributed by atoms with Gasteiger partial charge in [-0.3, -0.25) is 0 Å². The third kappa shape index (κ3) is 2.84. The van der Waals surface area contributed by atoms with E-state index in [2.05, 4.69) is 16.8 Å². The molecule has 1 aromatic heterocycles. The fourth-order valence-electron chi connectivity index (χ4n) is 2.43.